The van der Waals surface area contributed by atoms with Crippen LogP contribution in [0.1, 0.15) is 50.4 Å². The predicted molar refractivity (Wildman–Crippen MR) is 71.9 cm³/mol. The largest absolute Gasteiger partial charge is 0.308 e. The highest BCUT2D eigenvalue weighted by Gasteiger charge is 2.16. The second-order valence-electron chi connectivity index (χ2n) is 5.10. The molecule has 0 amide bonds. The number of nitrogens with one attached hydrogen (secondary N) is 1. The smallest absolute Gasteiger partial charge is 0.110 e. The van der Waals surface area contributed by atoms with Gasteiger partial charge in [0.05, 0.1) is 17.5 Å². The van der Waals surface area contributed by atoms with E-state index in [9.17, 15) is 0 Å². The summed E-state index contributed by atoms with van der Waals surface area (Å²) in [7, 11) is 0. The zero-order valence-electron chi connectivity index (χ0n) is 11.1. The van der Waals surface area contributed by atoms with Crippen LogP contribution in [-0.4, -0.2) is 11.5 Å². The second-order valence-corrected chi connectivity index (χ2v) is 5.99. The van der Waals surface area contributed by atoms with Gasteiger partial charge in [0.2, 0.25) is 0 Å². The van der Waals surface area contributed by atoms with Gasteiger partial charge in [0.1, 0.15) is 5.01 Å². The van der Waals surface area contributed by atoms with E-state index in [1.54, 1.807) is 11.3 Å². The zero-order valence-corrected chi connectivity index (χ0v) is 11.9. The first kappa shape index (κ1) is 14.1. The summed E-state index contributed by atoms with van der Waals surface area (Å²) in [5.74, 6) is 0. The molecule has 0 fully saturated rings. The Bertz CT molecular complexity index is 390. The Morgan fingerprint density at radius 1 is 1.59 bits per heavy atom. The molecule has 1 aromatic rings. The van der Waals surface area contributed by atoms with Crippen LogP contribution in [0.25, 0.3) is 0 Å². The number of hydrogen-bond acceptors (Lipinski definition) is 4. The van der Waals surface area contributed by atoms with Gasteiger partial charge in [-0.25, -0.2) is 4.98 Å². The van der Waals surface area contributed by atoms with Crippen molar-refractivity contribution in [2.24, 2.45) is 5.41 Å². The van der Waals surface area contributed by atoms with Crippen molar-refractivity contribution in [1.82, 2.24) is 10.3 Å². The van der Waals surface area contributed by atoms with E-state index in [0.717, 1.165) is 30.1 Å². The fourth-order valence-corrected chi connectivity index (χ4v) is 2.39. The summed E-state index contributed by atoms with van der Waals surface area (Å²) in [5.41, 5.74) is 0.882. The highest BCUT2D eigenvalue weighted by atomic mass is 32.1. The second kappa shape index (κ2) is 6.13. The van der Waals surface area contributed by atoms with E-state index in [2.05, 4.69) is 28.7 Å². The van der Waals surface area contributed by atoms with E-state index < -0.39 is 0 Å². The van der Waals surface area contributed by atoms with Crippen molar-refractivity contribution in [2.75, 3.05) is 6.54 Å². The molecule has 0 aliphatic heterocycles. The van der Waals surface area contributed by atoms with Gasteiger partial charge in [-0.1, -0.05) is 0 Å². The Balaban J connectivity index is 2.26. The first-order valence-electron chi connectivity index (χ1n) is 6.01. The number of thiazole rings is 1. The average molecular weight is 251 g/mol. The van der Waals surface area contributed by atoms with Gasteiger partial charge in [-0.15, -0.1) is 11.3 Å². The van der Waals surface area contributed by atoms with Crippen LogP contribution < -0.4 is 5.32 Å². The van der Waals surface area contributed by atoms with Crippen molar-refractivity contribution in [1.29, 1.82) is 5.26 Å². The van der Waals surface area contributed by atoms with Crippen LogP contribution in [0.3, 0.4) is 0 Å². The summed E-state index contributed by atoms with van der Waals surface area (Å²) in [6.07, 6.45) is 1.95. The maximum Gasteiger partial charge on any atom is 0.110 e. The fourth-order valence-electron chi connectivity index (χ4n) is 1.56. The van der Waals surface area contributed by atoms with Gasteiger partial charge in [-0.3, -0.25) is 0 Å². The molecule has 1 aromatic heterocycles. The summed E-state index contributed by atoms with van der Waals surface area (Å²) in [4.78, 5) is 4.46. The standard InChI is InChI=1S/C13H21N3S/c1-10-8-17-12(16-10)11(2)15-7-5-6-13(3,4)9-14/h8,11,15H,5-7H2,1-4H3. The van der Waals surface area contributed by atoms with Gasteiger partial charge < -0.3 is 5.32 Å². The minimum atomic E-state index is -0.206. The Kier molecular flexibility index (Phi) is 5.10. The summed E-state index contributed by atoms with van der Waals surface area (Å²) >= 11 is 1.70. The van der Waals surface area contributed by atoms with E-state index in [-0.39, 0.29) is 5.41 Å². The molecule has 0 saturated carbocycles. The molecule has 0 aliphatic carbocycles. The number of aromatic nitrogens is 1. The lowest BCUT2D eigenvalue weighted by Crippen LogP contribution is -2.21. The molecule has 1 heterocycles. The highest BCUT2D eigenvalue weighted by molar-refractivity contribution is 7.09. The van der Waals surface area contributed by atoms with Crippen LogP contribution in [0.5, 0.6) is 0 Å². The SMILES string of the molecule is Cc1csc(C(C)NCCCC(C)(C)C#N)n1. The maximum atomic E-state index is 8.90. The number of aryl methyl sites for hydroxylation is 1. The minimum absolute atomic E-state index is 0.206. The van der Waals surface area contributed by atoms with Gasteiger partial charge in [0, 0.05) is 11.1 Å². The van der Waals surface area contributed by atoms with Crippen LogP contribution in [0.4, 0.5) is 0 Å². The molecule has 1 atom stereocenters. The summed E-state index contributed by atoms with van der Waals surface area (Å²) in [5, 5.41) is 15.6. The molecule has 0 spiro atoms. The van der Waals surface area contributed by atoms with E-state index >= 15 is 0 Å². The van der Waals surface area contributed by atoms with Crippen molar-refractivity contribution in [3.63, 3.8) is 0 Å². The Labute approximate surface area is 108 Å². The van der Waals surface area contributed by atoms with Gasteiger partial charge in [-0.2, -0.15) is 5.26 Å². The van der Waals surface area contributed by atoms with Crippen molar-refractivity contribution >= 4 is 11.3 Å². The molecule has 0 aromatic carbocycles. The molecule has 0 radical (unpaired) electrons. The van der Waals surface area contributed by atoms with Crippen LogP contribution in [0.2, 0.25) is 0 Å². The molecule has 0 aliphatic rings. The topological polar surface area (TPSA) is 48.7 Å². The quantitative estimate of drug-likeness (QED) is 0.788. The average Bonchev–Trinajstić information content (AvgIpc) is 2.71. The third kappa shape index (κ3) is 4.84. The maximum absolute atomic E-state index is 8.90. The van der Waals surface area contributed by atoms with Crippen molar-refractivity contribution in [2.45, 2.75) is 46.6 Å². The summed E-state index contributed by atoms with van der Waals surface area (Å²) < 4.78 is 0. The molecular weight excluding hydrogens is 230 g/mol. The lowest BCUT2D eigenvalue weighted by Gasteiger charge is -2.16. The first-order chi connectivity index (χ1) is 7.94. The molecule has 17 heavy (non-hydrogen) atoms. The van der Waals surface area contributed by atoms with Crippen LogP contribution in [0.15, 0.2) is 5.38 Å². The predicted octanol–water partition coefficient (Wildman–Crippen LogP) is 3.43. The normalized spacial score (nSPS) is 13.4. The zero-order chi connectivity index (χ0) is 12.9. The van der Waals surface area contributed by atoms with Crippen LogP contribution in [-0.2, 0) is 0 Å². The molecule has 0 bridgehead atoms. The minimum Gasteiger partial charge on any atom is -0.308 e. The third-order valence-electron chi connectivity index (χ3n) is 2.74. The monoisotopic (exact) mass is 251 g/mol. The van der Waals surface area contributed by atoms with Crippen LogP contribution >= 0.6 is 11.3 Å². The fraction of sp³-hybridized carbons (Fsp3) is 0.692. The number of nitrogens with zero attached hydrogens (tertiary/aromatic N) is 2. The number of hydrogen-bond donors (Lipinski definition) is 1. The Hall–Kier alpha value is -0.920. The summed E-state index contributed by atoms with van der Waals surface area (Å²) in [6, 6.07) is 2.63. The van der Waals surface area contributed by atoms with E-state index in [1.807, 2.05) is 20.8 Å². The molecule has 0 saturated heterocycles. The molecule has 94 valence electrons. The van der Waals surface area contributed by atoms with E-state index in [1.165, 1.54) is 0 Å². The molecule has 1 N–H and O–H groups in total. The van der Waals surface area contributed by atoms with Gasteiger partial charge in [0.25, 0.3) is 0 Å². The molecule has 3 nitrogen and oxygen atoms in total. The van der Waals surface area contributed by atoms with E-state index in [4.69, 9.17) is 5.26 Å². The molecule has 1 unspecified atom stereocenters. The number of nitriles is 1. The molecule has 4 heteroatoms. The highest BCUT2D eigenvalue weighted by Crippen LogP contribution is 2.21. The van der Waals surface area contributed by atoms with Crippen LogP contribution in [0, 0.1) is 23.7 Å². The van der Waals surface area contributed by atoms with Crippen molar-refractivity contribution < 1.29 is 0 Å². The Morgan fingerprint density at radius 2 is 2.29 bits per heavy atom. The number of rotatable bonds is 6. The van der Waals surface area contributed by atoms with Crippen molar-refractivity contribution in [3.05, 3.63) is 16.1 Å². The molecular formula is C13H21N3S. The van der Waals surface area contributed by atoms with Gasteiger partial charge in [0.15, 0.2) is 0 Å². The van der Waals surface area contributed by atoms with Gasteiger partial charge >= 0.3 is 0 Å². The lowest BCUT2D eigenvalue weighted by atomic mass is 9.90. The Morgan fingerprint density at radius 3 is 2.82 bits per heavy atom. The summed E-state index contributed by atoms with van der Waals surface area (Å²) in [6.45, 7) is 9.06. The third-order valence-corrected chi connectivity index (χ3v) is 3.88. The van der Waals surface area contributed by atoms with Crippen molar-refractivity contribution in [3.8, 4) is 6.07 Å². The van der Waals surface area contributed by atoms with E-state index in [0.29, 0.717) is 6.04 Å². The first-order valence-corrected chi connectivity index (χ1v) is 6.89. The van der Waals surface area contributed by atoms with Gasteiger partial charge in [-0.05, 0) is 47.1 Å². The lowest BCUT2D eigenvalue weighted by molar-refractivity contribution is 0.417. The molecule has 1 rings (SSSR count).